The molecular formula is C10H17Pt. The van der Waals surface area contributed by atoms with Crippen LogP contribution in [-0.2, 0) is 17.3 Å². The standard InChI is InChI=1S/C8H11.2CH3.Pt/c1-2-4-6-8-7-5-3-1;;;/h1-3H,4,6-8H2;2*1H3;/b2-1-,5-3?;;;. The van der Waals surface area contributed by atoms with Crippen LogP contribution in [0.15, 0.2) is 22.2 Å². The summed E-state index contributed by atoms with van der Waals surface area (Å²) in [4.78, 5) is 0. The predicted octanol–water partition coefficient (Wildman–Crippen LogP) is 3.71. The number of hydrogen-bond acceptors (Lipinski definition) is 0. The van der Waals surface area contributed by atoms with E-state index in [-0.39, 0.29) is 0 Å². The Balaban J connectivity index is 2.58. The Morgan fingerprint density at radius 3 is 2.82 bits per heavy atom. The summed E-state index contributed by atoms with van der Waals surface area (Å²) in [5.41, 5.74) is 0. The molecule has 0 radical (unpaired) electrons. The van der Waals surface area contributed by atoms with Gasteiger partial charge in [0.25, 0.3) is 0 Å². The molecule has 0 nitrogen and oxygen atoms in total. The van der Waals surface area contributed by atoms with Gasteiger partial charge in [-0.1, -0.05) is 0 Å². The van der Waals surface area contributed by atoms with Crippen molar-refractivity contribution in [3.63, 3.8) is 0 Å². The third-order valence-electron chi connectivity index (χ3n) is 1.83. The third kappa shape index (κ3) is 3.38. The van der Waals surface area contributed by atoms with Crippen molar-refractivity contribution < 1.29 is 17.3 Å². The molecule has 0 aromatic rings. The van der Waals surface area contributed by atoms with Gasteiger partial charge in [-0.05, 0) is 0 Å². The van der Waals surface area contributed by atoms with Crippen LogP contribution in [0.1, 0.15) is 25.7 Å². The number of rotatable bonds is 1. The summed E-state index contributed by atoms with van der Waals surface area (Å²) in [6.45, 7) is 0. The van der Waals surface area contributed by atoms with E-state index < -0.39 is 17.3 Å². The molecule has 0 N–H and O–H groups in total. The molecule has 0 saturated heterocycles. The zero-order valence-corrected chi connectivity index (χ0v) is 9.65. The van der Waals surface area contributed by atoms with Crippen molar-refractivity contribution in [3.05, 3.63) is 22.2 Å². The Hall–Kier alpha value is 0.168. The van der Waals surface area contributed by atoms with Crippen molar-refractivity contribution in [3.8, 4) is 0 Å². The molecule has 0 aromatic carbocycles. The topological polar surface area (TPSA) is 0 Å². The Morgan fingerprint density at radius 1 is 1.27 bits per heavy atom. The molecular weight excluding hydrogens is 315 g/mol. The average molecular weight is 332 g/mol. The summed E-state index contributed by atoms with van der Waals surface area (Å²) in [5, 5.41) is 4.87. The summed E-state index contributed by atoms with van der Waals surface area (Å²) in [7, 11) is 0. The second-order valence-corrected chi connectivity index (χ2v) is 8.88. The minimum absolute atomic E-state index is 0.654. The second-order valence-electron chi connectivity index (χ2n) is 2.88. The molecule has 0 heterocycles. The number of hydrogen-bond donors (Lipinski definition) is 0. The monoisotopic (exact) mass is 332 g/mol. The Kier molecular flexibility index (Phi) is 4.15. The first-order valence-electron chi connectivity index (χ1n) is 4.01. The fourth-order valence-corrected chi connectivity index (χ4v) is 3.67. The fourth-order valence-electron chi connectivity index (χ4n) is 1.15. The molecule has 11 heavy (non-hydrogen) atoms. The van der Waals surface area contributed by atoms with Gasteiger partial charge in [0.1, 0.15) is 0 Å². The predicted molar refractivity (Wildman–Crippen MR) is 47.4 cm³/mol. The molecule has 0 spiro atoms. The van der Waals surface area contributed by atoms with E-state index in [0.717, 1.165) is 0 Å². The summed E-state index contributed by atoms with van der Waals surface area (Å²) < 4.78 is 1.77. The van der Waals surface area contributed by atoms with Crippen LogP contribution < -0.4 is 0 Å². The van der Waals surface area contributed by atoms with Crippen LogP contribution in [-0.4, -0.2) is 0 Å². The van der Waals surface area contributed by atoms with E-state index in [1.54, 1.807) is 3.96 Å². The van der Waals surface area contributed by atoms with Gasteiger partial charge >= 0.3 is 75.8 Å². The van der Waals surface area contributed by atoms with Crippen molar-refractivity contribution in [2.75, 3.05) is 0 Å². The van der Waals surface area contributed by atoms with Crippen LogP contribution in [0.4, 0.5) is 0 Å². The molecule has 1 aliphatic rings. The molecule has 0 unspecified atom stereocenters. The van der Waals surface area contributed by atoms with E-state index in [1.807, 2.05) is 0 Å². The molecule has 1 rings (SSSR count). The molecule has 0 amide bonds. The maximum atomic E-state index is 2.44. The van der Waals surface area contributed by atoms with Crippen molar-refractivity contribution in [2.24, 2.45) is 0 Å². The van der Waals surface area contributed by atoms with Gasteiger partial charge in [0.15, 0.2) is 0 Å². The second kappa shape index (κ2) is 4.93. The van der Waals surface area contributed by atoms with Gasteiger partial charge in [0.05, 0.1) is 0 Å². The van der Waals surface area contributed by atoms with Crippen molar-refractivity contribution in [1.82, 2.24) is 0 Å². The first-order valence-corrected chi connectivity index (χ1v) is 9.69. The van der Waals surface area contributed by atoms with Gasteiger partial charge in [-0.15, -0.1) is 0 Å². The molecule has 67 valence electrons. The minimum atomic E-state index is -0.654. The van der Waals surface area contributed by atoms with Crippen LogP contribution in [0.5, 0.6) is 0 Å². The van der Waals surface area contributed by atoms with Gasteiger partial charge in [0, 0.05) is 0 Å². The van der Waals surface area contributed by atoms with Gasteiger partial charge in [-0.25, -0.2) is 0 Å². The molecule has 1 heteroatoms. The summed E-state index contributed by atoms with van der Waals surface area (Å²) >= 11 is -0.654. The summed E-state index contributed by atoms with van der Waals surface area (Å²) in [6.07, 6.45) is 12.4. The van der Waals surface area contributed by atoms with E-state index in [4.69, 9.17) is 0 Å². The van der Waals surface area contributed by atoms with Gasteiger partial charge in [-0.2, -0.15) is 0 Å². The first-order chi connectivity index (χ1) is 5.30. The Labute approximate surface area is 75.9 Å². The van der Waals surface area contributed by atoms with Crippen LogP contribution in [0, 0.1) is 0 Å². The molecule has 0 atom stereocenters. The molecule has 0 aliphatic heterocycles. The summed E-state index contributed by atoms with van der Waals surface area (Å²) in [6, 6.07) is 0. The maximum absolute atomic E-state index is 2.44. The molecule has 1 aliphatic carbocycles. The normalized spacial score (nSPS) is 27.8. The molecule has 0 saturated carbocycles. The first kappa shape index (κ1) is 9.26. The van der Waals surface area contributed by atoms with Crippen molar-refractivity contribution in [1.29, 1.82) is 0 Å². The zero-order valence-electron chi connectivity index (χ0n) is 7.38. The van der Waals surface area contributed by atoms with Crippen LogP contribution in [0.3, 0.4) is 0 Å². The fraction of sp³-hybridized carbons (Fsp3) is 0.600. The molecule has 0 bridgehead atoms. The Bertz CT molecular complexity index is 166. The number of allylic oxidation sites excluding steroid dienone is 4. The molecule has 0 fully saturated rings. The van der Waals surface area contributed by atoms with E-state index in [2.05, 4.69) is 28.9 Å². The van der Waals surface area contributed by atoms with E-state index >= 15 is 0 Å². The van der Waals surface area contributed by atoms with Gasteiger partial charge in [0.2, 0.25) is 0 Å². The van der Waals surface area contributed by atoms with Gasteiger partial charge in [-0.3, -0.25) is 0 Å². The van der Waals surface area contributed by atoms with Crippen molar-refractivity contribution in [2.45, 2.75) is 36.3 Å². The molecule has 0 aromatic heterocycles. The SMILES string of the molecule is [CH3][Pt]([CH3])/[C]1=C/C=C\CCCC1. The van der Waals surface area contributed by atoms with Crippen molar-refractivity contribution >= 4 is 0 Å². The van der Waals surface area contributed by atoms with Gasteiger partial charge < -0.3 is 0 Å². The zero-order chi connectivity index (χ0) is 8.10. The van der Waals surface area contributed by atoms with E-state index in [0.29, 0.717) is 0 Å². The van der Waals surface area contributed by atoms with E-state index in [1.165, 1.54) is 25.7 Å². The third-order valence-corrected chi connectivity index (χ3v) is 5.70. The Morgan fingerprint density at radius 2 is 2.09 bits per heavy atom. The average Bonchev–Trinajstić information content (AvgIpc) is 1.84. The van der Waals surface area contributed by atoms with Crippen LogP contribution >= 0.6 is 0 Å². The van der Waals surface area contributed by atoms with E-state index in [9.17, 15) is 0 Å². The quantitative estimate of drug-likeness (QED) is 0.687. The van der Waals surface area contributed by atoms with Crippen LogP contribution in [0.25, 0.3) is 0 Å². The summed E-state index contributed by atoms with van der Waals surface area (Å²) in [5.74, 6) is 0. The van der Waals surface area contributed by atoms with Crippen LogP contribution in [0.2, 0.25) is 10.6 Å².